The minimum Gasteiger partial charge on any atom is -0.345 e. The standard InChI is InChI=1S/C20H15ClF4N4O2/c1-28(2)19(31)12-9-11(7-8-14(12)21)27-18(30)13-10-26-29(17(13)20(23,24)25)16-6-4-3-5-15(16)22/h3-10H,1-2H3,(H,27,30). The average molecular weight is 455 g/mol. The molecule has 0 unspecified atom stereocenters. The summed E-state index contributed by atoms with van der Waals surface area (Å²) in [5.41, 5.74) is -2.60. The van der Waals surface area contributed by atoms with Crippen molar-refractivity contribution in [3.8, 4) is 5.69 Å². The monoisotopic (exact) mass is 454 g/mol. The Balaban J connectivity index is 2.01. The summed E-state index contributed by atoms with van der Waals surface area (Å²) in [6.45, 7) is 0. The number of aromatic nitrogens is 2. The minimum atomic E-state index is -5.00. The Labute approximate surface area is 179 Å². The molecule has 0 saturated carbocycles. The lowest BCUT2D eigenvalue weighted by molar-refractivity contribution is -0.143. The zero-order valence-electron chi connectivity index (χ0n) is 16.2. The number of hydrogen-bond acceptors (Lipinski definition) is 3. The molecule has 0 saturated heterocycles. The highest BCUT2D eigenvalue weighted by molar-refractivity contribution is 6.34. The van der Waals surface area contributed by atoms with Crippen LogP contribution in [0.5, 0.6) is 0 Å². The van der Waals surface area contributed by atoms with Crippen molar-refractivity contribution in [2.75, 3.05) is 19.4 Å². The zero-order chi connectivity index (χ0) is 22.9. The molecule has 0 aliphatic heterocycles. The molecule has 6 nitrogen and oxygen atoms in total. The number of benzene rings is 2. The smallest absolute Gasteiger partial charge is 0.345 e. The van der Waals surface area contributed by atoms with Crippen LogP contribution in [0.15, 0.2) is 48.7 Å². The molecule has 162 valence electrons. The van der Waals surface area contributed by atoms with E-state index >= 15 is 0 Å². The van der Waals surface area contributed by atoms with Crippen LogP contribution < -0.4 is 5.32 Å². The molecule has 3 rings (SSSR count). The van der Waals surface area contributed by atoms with Crippen LogP contribution in [0.1, 0.15) is 26.4 Å². The number of anilines is 1. The lowest BCUT2D eigenvalue weighted by Crippen LogP contribution is -2.23. The van der Waals surface area contributed by atoms with Crippen LogP contribution in [0.3, 0.4) is 0 Å². The van der Waals surface area contributed by atoms with E-state index in [-0.39, 0.29) is 16.3 Å². The van der Waals surface area contributed by atoms with Gasteiger partial charge >= 0.3 is 6.18 Å². The van der Waals surface area contributed by atoms with Gasteiger partial charge in [0.15, 0.2) is 5.69 Å². The molecule has 2 amide bonds. The summed E-state index contributed by atoms with van der Waals surface area (Å²) in [6.07, 6.45) is -4.30. The third-order valence-electron chi connectivity index (χ3n) is 4.22. The van der Waals surface area contributed by atoms with Gasteiger partial charge < -0.3 is 10.2 Å². The number of carbonyl (C=O) groups excluding carboxylic acids is 2. The molecule has 11 heteroatoms. The maximum Gasteiger partial charge on any atom is 0.434 e. The van der Waals surface area contributed by atoms with Gasteiger partial charge in [-0.05, 0) is 30.3 Å². The van der Waals surface area contributed by atoms with E-state index in [9.17, 15) is 27.2 Å². The lowest BCUT2D eigenvalue weighted by Gasteiger charge is -2.14. The molecule has 0 atom stereocenters. The van der Waals surface area contributed by atoms with Gasteiger partial charge in [-0.3, -0.25) is 9.59 Å². The third-order valence-corrected chi connectivity index (χ3v) is 4.55. The number of nitrogens with one attached hydrogen (secondary N) is 1. The van der Waals surface area contributed by atoms with Crippen molar-refractivity contribution in [2.24, 2.45) is 0 Å². The van der Waals surface area contributed by atoms with E-state index in [1.807, 2.05) is 0 Å². The van der Waals surface area contributed by atoms with Crippen LogP contribution in [-0.4, -0.2) is 40.6 Å². The molecule has 0 aliphatic rings. The molecule has 1 heterocycles. The van der Waals surface area contributed by atoms with Crippen molar-refractivity contribution >= 4 is 29.1 Å². The lowest BCUT2D eigenvalue weighted by atomic mass is 10.1. The highest BCUT2D eigenvalue weighted by Crippen LogP contribution is 2.34. The van der Waals surface area contributed by atoms with Gasteiger partial charge in [0.05, 0.1) is 22.3 Å². The van der Waals surface area contributed by atoms with E-state index in [0.29, 0.717) is 10.9 Å². The maximum absolute atomic E-state index is 14.0. The molecule has 0 aliphatic carbocycles. The quantitative estimate of drug-likeness (QED) is 0.584. The first-order valence-corrected chi connectivity index (χ1v) is 9.11. The Bertz CT molecular complexity index is 1160. The fourth-order valence-corrected chi connectivity index (χ4v) is 3.00. The first-order valence-electron chi connectivity index (χ1n) is 8.73. The largest absolute Gasteiger partial charge is 0.434 e. The summed E-state index contributed by atoms with van der Waals surface area (Å²) in [5.74, 6) is -2.53. The van der Waals surface area contributed by atoms with E-state index in [0.717, 1.165) is 12.1 Å². The Morgan fingerprint density at radius 3 is 2.39 bits per heavy atom. The van der Waals surface area contributed by atoms with Gasteiger partial charge in [-0.1, -0.05) is 23.7 Å². The summed E-state index contributed by atoms with van der Waals surface area (Å²) in [6, 6.07) is 8.67. The summed E-state index contributed by atoms with van der Waals surface area (Å²) < 4.78 is 55.6. The predicted octanol–water partition coefficient (Wildman–Crippen LogP) is 4.64. The minimum absolute atomic E-state index is 0.0476. The van der Waals surface area contributed by atoms with Gasteiger partial charge in [-0.2, -0.15) is 18.3 Å². The van der Waals surface area contributed by atoms with Crippen LogP contribution in [0.2, 0.25) is 5.02 Å². The van der Waals surface area contributed by atoms with Gasteiger partial charge in [0.2, 0.25) is 0 Å². The number of rotatable bonds is 4. The van der Waals surface area contributed by atoms with Gasteiger partial charge in [0.1, 0.15) is 11.5 Å². The van der Waals surface area contributed by atoms with Crippen LogP contribution in [-0.2, 0) is 6.18 Å². The fraction of sp³-hybridized carbons (Fsp3) is 0.150. The Kier molecular flexibility index (Phi) is 6.03. The highest BCUT2D eigenvalue weighted by atomic mass is 35.5. The Morgan fingerprint density at radius 2 is 1.77 bits per heavy atom. The maximum atomic E-state index is 14.0. The van der Waals surface area contributed by atoms with Gasteiger partial charge in [-0.15, -0.1) is 0 Å². The second-order valence-corrected chi connectivity index (χ2v) is 7.02. The average Bonchev–Trinajstić information content (AvgIpc) is 3.15. The molecular weight excluding hydrogens is 440 g/mol. The Morgan fingerprint density at radius 1 is 1.10 bits per heavy atom. The van der Waals surface area contributed by atoms with Crippen molar-refractivity contribution in [3.05, 3.63) is 76.3 Å². The van der Waals surface area contributed by atoms with Crippen LogP contribution in [0.25, 0.3) is 5.69 Å². The SMILES string of the molecule is CN(C)C(=O)c1cc(NC(=O)c2cnn(-c3ccccc3F)c2C(F)(F)F)ccc1Cl. The molecule has 0 bridgehead atoms. The molecule has 3 aromatic rings. The first kappa shape index (κ1) is 22.3. The normalized spacial score (nSPS) is 11.3. The number of para-hydroxylation sites is 1. The van der Waals surface area contributed by atoms with E-state index in [4.69, 9.17) is 11.6 Å². The fourth-order valence-electron chi connectivity index (χ4n) is 2.80. The van der Waals surface area contributed by atoms with Crippen LogP contribution >= 0.6 is 11.6 Å². The molecule has 0 spiro atoms. The van der Waals surface area contributed by atoms with Crippen molar-refractivity contribution < 1.29 is 27.2 Å². The first-order chi connectivity index (χ1) is 14.5. The summed E-state index contributed by atoms with van der Waals surface area (Å²) >= 11 is 6.00. The molecular formula is C20H15ClF4N4O2. The molecule has 0 fully saturated rings. The topological polar surface area (TPSA) is 67.2 Å². The third kappa shape index (κ3) is 4.53. The number of nitrogens with zero attached hydrogens (tertiary/aromatic N) is 3. The van der Waals surface area contributed by atoms with E-state index in [1.165, 1.54) is 49.3 Å². The molecule has 0 radical (unpaired) electrons. The summed E-state index contributed by atoms with van der Waals surface area (Å²) in [5, 5.41) is 5.98. The highest BCUT2D eigenvalue weighted by Gasteiger charge is 2.41. The number of amides is 2. The van der Waals surface area contributed by atoms with Crippen LogP contribution in [0.4, 0.5) is 23.2 Å². The molecule has 31 heavy (non-hydrogen) atoms. The summed E-state index contributed by atoms with van der Waals surface area (Å²) in [7, 11) is 2.99. The van der Waals surface area contributed by atoms with Crippen molar-refractivity contribution in [1.82, 2.24) is 14.7 Å². The molecule has 1 aromatic heterocycles. The van der Waals surface area contributed by atoms with E-state index < -0.39 is 40.8 Å². The number of carbonyl (C=O) groups is 2. The summed E-state index contributed by atoms with van der Waals surface area (Å²) in [4.78, 5) is 26.1. The molecule has 1 N–H and O–H groups in total. The second kappa shape index (κ2) is 8.38. The van der Waals surface area contributed by atoms with Gasteiger partial charge in [0, 0.05) is 19.8 Å². The van der Waals surface area contributed by atoms with Crippen LogP contribution in [0, 0.1) is 5.82 Å². The second-order valence-electron chi connectivity index (χ2n) is 6.62. The number of alkyl halides is 3. The van der Waals surface area contributed by atoms with Gasteiger partial charge in [-0.25, -0.2) is 9.07 Å². The predicted molar refractivity (Wildman–Crippen MR) is 106 cm³/mol. The zero-order valence-corrected chi connectivity index (χ0v) is 16.9. The van der Waals surface area contributed by atoms with Crippen molar-refractivity contribution in [2.45, 2.75) is 6.18 Å². The number of hydrogen-bond donors (Lipinski definition) is 1. The Hall–Kier alpha value is -3.40. The van der Waals surface area contributed by atoms with E-state index in [1.54, 1.807) is 0 Å². The van der Waals surface area contributed by atoms with E-state index in [2.05, 4.69) is 10.4 Å². The number of halogens is 5. The van der Waals surface area contributed by atoms with Crippen molar-refractivity contribution in [1.29, 1.82) is 0 Å². The van der Waals surface area contributed by atoms with Crippen molar-refractivity contribution in [3.63, 3.8) is 0 Å². The molecule has 2 aromatic carbocycles. The van der Waals surface area contributed by atoms with Gasteiger partial charge in [0.25, 0.3) is 11.8 Å².